The Hall–Kier alpha value is -3.75. The topological polar surface area (TPSA) is 80.9 Å². The molecule has 1 saturated heterocycles. The SMILES string of the molecule is Cn1cnnc1C1CCN(C(=O)NC(Cn2cnc3ccccc32)c2ccc(F)cc2)CC1. The Labute approximate surface area is 191 Å². The van der Waals surface area contributed by atoms with Crippen molar-refractivity contribution in [2.24, 2.45) is 7.05 Å². The molecule has 3 heterocycles. The summed E-state index contributed by atoms with van der Waals surface area (Å²) in [6.45, 7) is 1.79. The minimum absolute atomic E-state index is 0.120. The van der Waals surface area contributed by atoms with Crippen LogP contribution in [0.4, 0.5) is 9.18 Å². The number of imidazole rings is 1. The van der Waals surface area contributed by atoms with Crippen LogP contribution in [0.5, 0.6) is 0 Å². The molecule has 1 aliphatic heterocycles. The monoisotopic (exact) mass is 447 g/mol. The summed E-state index contributed by atoms with van der Waals surface area (Å²) in [5, 5.41) is 11.4. The number of carbonyl (C=O) groups is 1. The Morgan fingerprint density at radius 3 is 2.61 bits per heavy atom. The second-order valence-electron chi connectivity index (χ2n) is 8.50. The molecule has 1 unspecified atom stereocenters. The molecule has 2 amide bonds. The predicted octanol–water partition coefficient (Wildman–Crippen LogP) is 3.63. The van der Waals surface area contributed by atoms with E-state index in [1.165, 1.54) is 12.1 Å². The van der Waals surface area contributed by atoms with Crippen molar-refractivity contribution in [1.82, 2.24) is 34.5 Å². The molecule has 1 atom stereocenters. The van der Waals surface area contributed by atoms with E-state index in [1.807, 2.05) is 45.3 Å². The molecule has 5 rings (SSSR count). The van der Waals surface area contributed by atoms with Crippen LogP contribution in [0.2, 0.25) is 0 Å². The molecule has 2 aromatic carbocycles. The Morgan fingerprint density at radius 1 is 1.12 bits per heavy atom. The molecule has 4 aromatic rings. The molecular weight excluding hydrogens is 421 g/mol. The number of hydrogen-bond donors (Lipinski definition) is 1. The highest BCUT2D eigenvalue weighted by Gasteiger charge is 2.28. The lowest BCUT2D eigenvalue weighted by Gasteiger charge is -2.33. The number of aromatic nitrogens is 5. The molecule has 0 spiro atoms. The minimum Gasteiger partial charge on any atom is -0.329 e. The van der Waals surface area contributed by atoms with Crippen molar-refractivity contribution < 1.29 is 9.18 Å². The zero-order chi connectivity index (χ0) is 22.8. The molecule has 33 heavy (non-hydrogen) atoms. The number of carbonyl (C=O) groups excluding carboxylic acids is 1. The predicted molar refractivity (Wildman–Crippen MR) is 122 cm³/mol. The summed E-state index contributed by atoms with van der Waals surface area (Å²) in [5.74, 6) is 0.959. The molecule has 0 radical (unpaired) electrons. The first-order chi connectivity index (χ1) is 16.1. The van der Waals surface area contributed by atoms with E-state index in [1.54, 1.807) is 24.8 Å². The van der Waals surface area contributed by atoms with Gasteiger partial charge in [-0.05, 0) is 42.7 Å². The maximum atomic E-state index is 13.5. The number of benzene rings is 2. The van der Waals surface area contributed by atoms with Crippen LogP contribution in [0.3, 0.4) is 0 Å². The van der Waals surface area contributed by atoms with Crippen LogP contribution in [-0.2, 0) is 13.6 Å². The van der Waals surface area contributed by atoms with E-state index in [9.17, 15) is 9.18 Å². The number of urea groups is 1. The summed E-state index contributed by atoms with van der Waals surface area (Å²) in [6.07, 6.45) is 5.17. The van der Waals surface area contributed by atoms with Crippen LogP contribution in [0.15, 0.2) is 61.2 Å². The molecule has 170 valence electrons. The van der Waals surface area contributed by atoms with Gasteiger partial charge in [-0.3, -0.25) is 0 Å². The Morgan fingerprint density at radius 2 is 1.88 bits per heavy atom. The number of rotatable bonds is 5. The lowest BCUT2D eigenvalue weighted by Crippen LogP contribution is -2.46. The third kappa shape index (κ3) is 4.44. The summed E-state index contributed by atoms with van der Waals surface area (Å²) < 4.78 is 17.5. The smallest absolute Gasteiger partial charge is 0.317 e. The average molecular weight is 448 g/mol. The number of likely N-dealkylation sites (tertiary alicyclic amines) is 1. The van der Waals surface area contributed by atoms with Gasteiger partial charge in [-0.25, -0.2) is 14.2 Å². The molecule has 9 heteroatoms. The lowest BCUT2D eigenvalue weighted by atomic mass is 9.96. The maximum absolute atomic E-state index is 13.5. The molecule has 1 fully saturated rings. The fraction of sp³-hybridized carbons (Fsp3) is 0.333. The Kier molecular flexibility index (Phi) is 5.77. The lowest BCUT2D eigenvalue weighted by molar-refractivity contribution is 0.175. The number of hydrogen-bond acceptors (Lipinski definition) is 4. The van der Waals surface area contributed by atoms with Gasteiger partial charge >= 0.3 is 6.03 Å². The summed E-state index contributed by atoms with van der Waals surface area (Å²) in [7, 11) is 1.95. The largest absolute Gasteiger partial charge is 0.329 e. The second kappa shape index (κ2) is 9.01. The van der Waals surface area contributed by atoms with Gasteiger partial charge in [-0.2, -0.15) is 0 Å². The summed E-state index contributed by atoms with van der Waals surface area (Å²) in [6, 6.07) is 13.7. The van der Waals surface area contributed by atoms with Gasteiger partial charge in [0.15, 0.2) is 0 Å². The van der Waals surface area contributed by atoms with Gasteiger partial charge in [0.1, 0.15) is 18.0 Å². The number of nitrogens with one attached hydrogen (secondary N) is 1. The van der Waals surface area contributed by atoms with Crippen molar-refractivity contribution in [3.05, 3.63) is 78.4 Å². The average Bonchev–Trinajstić information content (AvgIpc) is 3.45. The zero-order valence-corrected chi connectivity index (χ0v) is 18.4. The number of para-hydroxylation sites is 2. The second-order valence-corrected chi connectivity index (χ2v) is 8.50. The van der Waals surface area contributed by atoms with Gasteiger partial charge in [-0.15, -0.1) is 10.2 Å². The molecule has 1 aliphatic rings. The third-order valence-corrected chi connectivity index (χ3v) is 6.37. The van der Waals surface area contributed by atoms with E-state index >= 15 is 0 Å². The first-order valence-corrected chi connectivity index (χ1v) is 11.1. The summed E-state index contributed by atoms with van der Waals surface area (Å²) in [4.78, 5) is 19.5. The van der Waals surface area contributed by atoms with Gasteiger partial charge in [0.2, 0.25) is 0 Å². The van der Waals surface area contributed by atoms with Crippen molar-refractivity contribution in [1.29, 1.82) is 0 Å². The molecule has 1 N–H and O–H groups in total. The quantitative estimate of drug-likeness (QED) is 0.507. The molecule has 8 nitrogen and oxygen atoms in total. The third-order valence-electron chi connectivity index (χ3n) is 6.37. The van der Waals surface area contributed by atoms with Crippen molar-refractivity contribution in [2.75, 3.05) is 13.1 Å². The number of halogens is 1. The van der Waals surface area contributed by atoms with Crippen LogP contribution in [-0.4, -0.2) is 48.3 Å². The normalized spacial score (nSPS) is 15.6. The highest BCUT2D eigenvalue weighted by atomic mass is 19.1. The number of piperidine rings is 1. The standard InChI is InChI=1S/C24H26FN7O/c1-30-16-27-29-23(30)18-10-12-31(13-11-18)24(33)28-21(17-6-8-19(25)9-7-17)14-32-15-26-20-4-2-3-5-22(20)32/h2-9,15-16,18,21H,10-14H2,1H3,(H,28,33). The van der Waals surface area contributed by atoms with Gasteiger partial charge in [-0.1, -0.05) is 24.3 Å². The maximum Gasteiger partial charge on any atom is 0.317 e. The number of aryl methyl sites for hydroxylation is 1. The molecule has 0 bridgehead atoms. The van der Waals surface area contributed by atoms with Gasteiger partial charge in [0.05, 0.1) is 23.4 Å². The van der Waals surface area contributed by atoms with Gasteiger partial charge in [0.25, 0.3) is 0 Å². The number of amides is 2. The molecule has 0 aliphatic carbocycles. The van der Waals surface area contributed by atoms with Crippen molar-refractivity contribution >= 4 is 17.1 Å². The first kappa shape index (κ1) is 21.1. The van der Waals surface area contributed by atoms with Crippen LogP contribution in [0, 0.1) is 5.82 Å². The van der Waals surface area contributed by atoms with Gasteiger partial charge in [0, 0.05) is 32.6 Å². The van der Waals surface area contributed by atoms with E-state index in [4.69, 9.17) is 0 Å². The number of fused-ring (bicyclic) bond motifs is 1. The first-order valence-electron chi connectivity index (χ1n) is 11.1. The highest BCUT2D eigenvalue weighted by Crippen LogP contribution is 2.27. The Bertz CT molecular complexity index is 1240. The fourth-order valence-electron chi connectivity index (χ4n) is 4.52. The van der Waals surface area contributed by atoms with Crippen LogP contribution in [0.25, 0.3) is 11.0 Å². The van der Waals surface area contributed by atoms with Gasteiger partial charge < -0.3 is 19.4 Å². The van der Waals surface area contributed by atoms with Crippen LogP contribution in [0.1, 0.15) is 36.2 Å². The van der Waals surface area contributed by atoms with Crippen LogP contribution >= 0.6 is 0 Å². The fourth-order valence-corrected chi connectivity index (χ4v) is 4.52. The van der Waals surface area contributed by atoms with E-state index in [0.717, 1.165) is 35.3 Å². The molecular formula is C24H26FN7O. The molecule has 2 aromatic heterocycles. The van der Waals surface area contributed by atoms with E-state index in [0.29, 0.717) is 25.6 Å². The van der Waals surface area contributed by atoms with Crippen molar-refractivity contribution in [3.8, 4) is 0 Å². The molecule has 0 saturated carbocycles. The van der Waals surface area contributed by atoms with Crippen molar-refractivity contribution in [2.45, 2.75) is 31.3 Å². The van der Waals surface area contributed by atoms with E-state index in [-0.39, 0.29) is 17.9 Å². The Balaban J connectivity index is 1.31. The van der Waals surface area contributed by atoms with E-state index in [2.05, 4.69) is 20.5 Å². The van der Waals surface area contributed by atoms with E-state index < -0.39 is 0 Å². The number of nitrogens with zero attached hydrogens (tertiary/aromatic N) is 6. The highest BCUT2D eigenvalue weighted by molar-refractivity contribution is 5.76. The van der Waals surface area contributed by atoms with Crippen LogP contribution < -0.4 is 5.32 Å². The minimum atomic E-state index is -0.327. The van der Waals surface area contributed by atoms with Crippen molar-refractivity contribution in [3.63, 3.8) is 0 Å². The zero-order valence-electron chi connectivity index (χ0n) is 18.4. The summed E-state index contributed by atoms with van der Waals surface area (Å²) in [5.41, 5.74) is 2.73. The summed E-state index contributed by atoms with van der Waals surface area (Å²) >= 11 is 0.